The first-order valence-electron chi connectivity index (χ1n) is 9.14. The Balaban J connectivity index is 1.31. The zero-order chi connectivity index (χ0) is 19.2. The number of piperazine rings is 1. The summed E-state index contributed by atoms with van der Waals surface area (Å²) in [4.78, 5) is 29.5. The molecule has 0 spiro atoms. The molecular formula is C20H21N7O. The molecule has 8 heteroatoms. The van der Waals surface area contributed by atoms with Gasteiger partial charge in [0.1, 0.15) is 5.82 Å². The van der Waals surface area contributed by atoms with E-state index in [9.17, 15) is 4.79 Å². The lowest BCUT2D eigenvalue weighted by atomic mass is 10.3. The molecule has 2 N–H and O–H groups in total. The highest BCUT2D eigenvalue weighted by Gasteiger charge is 2.19. The van der Waals surface area contributed by atoms with Gasteiger partial charge in [-0.3, -0.25) is 5.32 Å². The van der Waals surface area contributed by atoms with Crippen molar-refractivity contribution in [2.45, 2.75) is 0 Å². The standard InChI is InChI=1S/C20H21N7O/c28-20(24-16-5-2-1-3-6-16)25-18-8-7-17(15-23-18)26-11-13-27(14-12-26)19-21-9-4-10-22-19/h1-10,15H,11-14H2,(H2,23,24,25,28). The molecule has 0 atom stereocenters. The molecule has 0 unspecified atom stereocenters. The molecule has 1 aliphatic rings. The Morgan fingerprint density at radius 2 is 1.50 bits per heavy atom. The van der Waals surface area contributed by atoms with E-state index in [2.05, 4.69) is 35.4 Å². The van der Waals surface area contributed by atoms with Gasteiger partial charge in [0.25, 0.3) is 0 Å². The predicted octanol–water partition coefficient (Wildman–Crippen LogP) is 2.84. The topological polar surface area (TPSA) is 86.3 Å². The van der Waals surface area contributed by atoms with Crippen molar-refractivity contribution < 1.29 is 4.79 Å². The highest BCUT2D eigenvalue weighted by atomic mass is 16.2. The first kappa shape index (κ1) is 17.7. The van der Waals surface area contributed by atoms with Crippen molar-refractivity contribution in [2.75, 3.05) is 46.6 Å². The van der Waals surface area contributed by atoms with Crippen molar-refractivity contribution in [3.63, 3.8) is 0 Å². The minimum Gasteiger partial charge on any atom is -0.367 e. The van der Waals surface area contributed by atoms with Crippen molar-refractivity contribution >= 4 is 29.2 Å². The van der Waals surface area contributed by atoms with E-state index in [0.717, 1.165) is 43.5 Å². The van der Waals surface area contributed by atoms with Crippen LogP contribution < -0.4 is 20.4 Å². The summed E-state index contributed by atoms with van der Waals surface area (Å²) >= 11 is 0. The van der Waals surface area contributed by atoms with Gasteiger partial charge >= 0.3 is 6.03 Å². The molecule has 0 saturated carbocycles. The number of hydrogen-bond acceptors (Lipinski definition) is 6. The summed E-state index contributed by atoms with van der Waals surface area (Å²) in [5.74, 6) is 1.28. The molecular weight excluding hydrogens is 354 g/mol. The number of amides is 2. The van der Waals surface area contributed by atoms with Crippen LogP contribution in [0.4, 0.5) is 27.9 Å². The van der Waals surface area contributed by atoms with Crippen molar-refractivity contribution in [3.05, 3.63) is 67.1 Å². The van der Waals surface area contributed by atoms with Crippen LogP contribution in [0.3, 0.4) is 0 Å². The predicted molar refractivity (Wildman–Crippen MR) is 110 cm³/mol. The summed E-state index contributed by atoms with van der Waals surface area (Å²) in [7, 11) is 0. The number of anilines is 4. The number of urea groups is 1. The Morgan fingerprint density at radius 3 is 2.18 bits per heavy atom. The number of rotatable bonds is 4. The smallest absolute Gasteiger partial charge is 0.324 e. The minimum absolute atomic E-state index is 0.317. The van der Waals surface area contributed by atoms with Crippen LogP contribution in [0, 0.1) is 0 Å². The average Bonchev–Trinajstić information content (AvgIpc) is 2.76. The Kier molecular flexibility index (Phi) is 5.28. The molecule has 28 heavy (non-hydrogen) atoms. The first-order valence-corrected chi connectivity index (χ1v) is 9.14. The number of carbonyl (C=O) groups excluding carboxylic acids is 1. The second kappa shape index (κ2) is 8.34. The van der Waals surface area contributed by atoms with Crippen molar-refractivity contribution in [2.24, 2.45) is 0 Å². The van der Waals surface area contributed by atoms with Crippen molar-refractivity contribution in [1.29, 1.82) is 0 Å². The van der Waals surface area contributed by atoms with Gasteiger partial charge in [-0.15, -0.1) is 0 Å². The maximum Gasteiger partial charge on any atom is 0.324 e. The normalized spacial score (nSPS) is 13.9. The molecule has 142 valence electrons. The monoisotopic (exact) mass is 375 g/mol. The fraction of sp³-hybridized carbons (Fsp3) is 0.200. The Hall–Kier alpha value is -3.68. The van der Waals surface area contributed by atoms with Crippen LogP contribution in [-0.4, -0.2) is 47.2 Å². The third-order valence-electron chi connectivity index (χ3n) is 4.50. The molecule has 1 saturated heterocycles. The molecule has 1 aromatic carbocycles. The van der Waals surface area contributed by atoms with Crippen LogP contribution in [0.15, 0.2) is 67.1 Å². The molecule has 8 nitrogen and oxygen atoms in total. The molecule has 0 bridgehead atoms. The Bertz CT molecular complexity index is 895. The number of benzene rings is 1. The number of nitrogens with one attached hydrogen (secondary N) is 2. The van der Waals surface area contributed by atoms with E-state index in [1.54, 1.807) is 18.6 Å². The molecule has 2 amide bonds. The van der Waals surface area contributed by atoms with Gasteiger partial charge < -0.3 is 15.1 Å². The van der Waals surface area contributed by atoms with Gasteiger partial charge in [0.05, 0.1) is 11.9 Å². The largest absolute Gasteiger partial charge is 0.367 e. The van der Waals surface area contributed by atoms with Crippen LogP contribution in [0.5, 0.6) is 0 Å². The fourth-order valence-corrected chi connectivity index (χ4v) is 3.07. The quantitative estimate of drug-likeness (QED) is 0.729. The van der Waals surface area contributed by atoms with Crippen LogP contribution in [0.2, 0.25) is 0 Å². The highest BCUT2D eigenvalue weighted by Crippen LogP contribution is 2.19. The Labute approximate surface area is 163 Å². The molecule has 3 aromatic rings. The van der Waals surface area contributed by atoms with E-state index in [4.69, 9.17) is 0 Å². The number of pyridine rings is 1. The minimum atomic E-state index is -0.317. The summed E-state index contributed by atoms with van der Waals surface area (Å²) in [6.45, 7) is 3.43. The van der Waals surface area contributed by atoms with Gasteiger partial charge in [-0.1, -0.05) is 18.2 Å². The second-order valence-corrected chi connectivity index (χ2v) is 6.37. The van der Waals surface area contributed by atoms with Gasteiger partial charge in [0.2, 0.25) is 5.95 Å². The maximum atomic E-state index is 12.0. The van der Waals surface area contributed by atoms with Crippen molar-refractivity contribution in [1.82, 2.24) is 15.0 Å². The fourth-order valence-electron chi connectivity index (χ4n) is 3.07. The van der Waals surface area contributed by atoms with Gasteiger partial charge in [-0.25, -0.2) is 19.7 Å². The lowest BCUT2D eigenvalue weighted by molar-refractivity contribution is 0.262. The SMILES string of the molecule is O=C(Nc1ccccc1)Nc1ccc(N2CCN(c3ncccn3)CC2)cn1. The van der Waals surface area contributed by atoms with Crippen LogP contribution >= 0.6 is 0 Å². The molecule has 2 aromatic heterocycles. The van der Waals surface area contributed by atoms with Gasteiger partial charge in [-0.05, 0) is 30.3 Å². The molecule has 0 radical (unpaired) electrons. The van der Waals surface area contributed by atoms with E-state index >= 15 is 0 Å². The number of aromatic nitrogens is 3. The third kappa shape index (κ3) is 4.35. The van der Waals surface area contributed by atoms with E-state index in [-0.39, 0.29) is 6.03 Å². The molecule has 0 aliphatic carbocycles. The third-order valence-corrected chi connectivity index (χ3v) is 4.50. The van der Waals surface area contributed by atoms with E-state index in [1.807, 2.05) is 48.5 Å². The molecule has 1 aliphatic heterocycles. The summed E-state index contributed by atoms with van der Waals surface area (Å²) in [6.07, 6.45) is 5.31. The van der Waals surface area contributed by atoms with Crippen LogP contribution in [0.1, 0.15) is 0 Å². The lowest BCUT2D eigenvalue weighted by Gasteiger charge is -2.35. The summed E-state index contributed by atoms with van der Waals surface area (Å²) in [5.41, 5.74) is 1.76. The molecule has 1 fully saturated rings. The van der Waals surface area contributed by atoms with Gasteiger partial charge in [0, 0.05) is 44.3 Å². The summed E-state index contributed by atoms with van der Waals surface area (Å²) in [5, 5.41) is 5.52. The number of para-hydroxylation sites is 1. The molecule has 3 heterocycles. The summed E-state index contributed by atoms with van der Waals surface area (Å²) < 4.78 is 0. The lowest BCUT2D eigenvalue weighted by Crippen LogP contribution is -2.47. The van der Waals surface area contributed by atoms with E-state index in [1.165, 1.54) is 0 Å². The van der Waals surface area contributed by atoms with Crippen molar-refractivity contribution in [3.8, 4) is 0 Å². The average molecular weight is 375 g/mol. The summed E-state index contributed by atoms with van der Waals surface area (Å²) in [6, 6.07) is 14.6. The second-order valence-electron chi connectivity index (χ2n) is 6.37. The van der Waals surface area contributed by atoms with E-state index < -0.39 is 0 Å². The number of nitrogens with zero attached hydrogens (tertiary/aromatic N) is 5. The highest BCUT2D eigenvalue weighted by molar-refractivity contribution is 5.99. The Morgan fingerprint density at radius 1 is 0.786 bits per heavy atom. The molecule has 4 rings (SSSR count). The van der Waals surface area contributed by atoms with Gasteiger partial charge in [0.15, 0.2) is 0 Å². The van der Waals surface area contributed by atoms with Crippen LogP contribution in [-0.2, 0) is 0 Å². The number of hydrogen-bond donors (Lipinski definition) is 2. The zero-order valence-electron chi connectivity index (χ0n) is 15.3. The van der Waals surface area contributed by atoms with E-state index in [0.29, 0.717) is 5.82 Å². The first-order chi connectivity index (χ1) is 13.8. The maximum absolute atomic E-state index is 12.0. The van der Waals surface area contributed by atoms with Gasteiger partial charge in [-0.2, -0.15) is 0 Å². The zero-order valence-corrected chi connectivity index (χ0v) is 15.3. The number of carbonyl (C=O) groups is 1. The van der Waals surface area contributed by atoms with Crippen LogP contribution in [0.25, 0.3) is 0 Å².